The van der Waals surface area contributed by atoms with Crippen molar-refractivity contribution in [1.29, 1.82) is 0 Å². The Labute approximate surface area is 76.0 Å². The van der Waals surface area contributed by atoms with E-state index < -0.39 is 0 Å². The quantitative estimate of drug-likeness (QED) is 0.493. The molecule has 1 heterocycles. The molecule has 11 heavy (non-hydrogen) atoms. The number of hydrogen-bond donors (Lipinski definition) is 0. The minimum absolute atomic E-state index is 0.390. The molecule has 0 amide bonds. The van der Waals surface area contributed by atoms with Crippen LogP contribution in [-0.4, -0.2) is 19.1 Å². The van der Waals surface area contributed by atoms with Crippen molar-refractivity contribution >= 4 is 36.5 Å². The maximum atomic E-state index is 5.20. The van der Waals surface area contributed by atoms with Gasteiger partial charge in [-0.15, -0.1) is 0 Å². The number of benzene rings is 1. The van der Waals surface area contributed by atoms with Gasteiger partial charge in [-0.3, -0.25) is 0 Å². The molecular weight excluding hydrogens is 221 g/mol. The van der Waals surface area contributed by atoms with Crippen LogP contribution in [0.15, 0.2) is 24.3 Å². The summed E-state index contributed by atoms with van der Waals surface area (Å²) in [7, 11) is 2.04. The van der Waals surface area contributed by atoms with E-state index in [1.54, 1.807) is 0 Å². The first kappa shape index (κ1) is 7.29. The van der Waals surface area contributed by atoms with E-state index in [9.17, 15) is 0 Å². The summed E-state index contributed by atoms with van der Waals surface area (Å²) >= 11 is 5.59. The summed E-state index contributed by atoms with van der Waals surface area (Å²) in [5.74, 6) is 0. The van der Waals surface area contributed by atoms with Crippen LogP contribution in [-0.2, 0) is 7.05 Å². The van der Waals surface area contributed by atoms with Crippen LogP contribution in [0.25, 0.3) is 9.78 Å². The maximum absolute atomic E-state index is 5.20. The van der Waals surface area contributed by atoms with Crippen molar-refractivity contribution in [3.05, 3.63) is 27.8 Å². The van der Waals surface area contributed by atoms with Gasteiger partial charge < -0.3 is 0 Å². The molecule has 0 spiro atoms. The first-order valence-electron chi connectivity index (χ1n) is 3.33. The molecule has 2 aromatic rings. The molecule has 3 heteroatoms. The Balaban J connectivity index is 3.04. The van der Waals surface area contributed by atoms with Crippen LogP contribution in [0.1, 0.15) is 0 Å². The zero-order valence-corrected chi connectivity index (χ0v) is 8.60. The number of fused-ring (bicyclic) bond motifs is 1. The third kappa shape index (κ3) is 1.09. The van der Waals surface area contributed by atoms with Gasteiger partial charge in [0.1, 0.15) is 0 Å². The number of aryl methyl sites for hydroxylation is 1. The molecule has 0 unspecified atom stereocenters. The average Bonchev–Trinajstić information content (AvgIpc) is 2.30. The van der Waals surface area contributed by atoms with E-state index in [0.29, 0.717) is 14.5 Å². The van der Waals surface area contributed by atoms with Gasteiger partial charge in [-0.05, 0) is 0 Å². The molecule has 0 radical (unpaired) electrons. The van der Waals surface area contributed by atoms with Gasteiger partial charge in [-0.2, -0.15) is 0 Å². The fourth-order valence-electron chi connectivity index (χ4n) is 1.08. The summed E-state index contributed by atoms with van der Waals surface area (Å²) in [4.78, 5) is 0. The number of nitrogens with zero attached hydrogens (tertiary/aromatic N) is 1. The Morgan fingerprint density at radius 3 is 2.82 bits per heavy atom. The van der Waals surface area contributed by atoms with Crippen LogP contribution >= 0.6 is 12.2 Å². The van der Waals surface area contributed by atoms with Crippen LogP contribution in [0, 0.1) is 3.51 Å². The first-order chi connectivity index (χ1) is 5.29. The van der Waals surface area contributed by atoms with Crippen molar-refractivity contribution in [3.63, 3.8) is 0 Å². The van der Waals surface area contributed by atoms with Gasteiger partial charge >= 0.3 is 75.9 Å². The SMILES string of the molecule is Cn1c(=S)[se]c2ccccc21. The number of rotatable bonds is 0. The summed E-state index contributed by atoms with van der Waals surface area (Å²) in [6, 6.07) is 8.41. The Hall–Kier alpha value is -0.371. The second-order valence-corrected chi connectivity index (χ2v) is 5.53. The zero-order chi connectivity index (χ0) is 7.84. The molecule has 0 N–H and O–H groups in total. The molecule has 0 fully saturated rings. The van der Waals surface area contributed by atoms with Gasteiger partial charge in [0.05, 0.1) is 0 Å². The van der Waals surface area contributed by atoms with Gasteiger partial charge in [0.25, 0.3) is 0 Å². The third-order valence-corrected chi connectivity index (χ3v) is 4.53. The van der Waals surface area contributed by atoms with E-state index >= 15 is 0 Å². The zero-order valence-electron chi connectivity index (χ0n) is 6.07. The van der Waals surface area contributed by atoms with Gasteiger partial charge in [0, 0.05) is 0 Å². The van der Waals surface area contributed by atoms with Crippen molar-refractivity contribution in [2.24, 2.45) is 7.05 Å². The average molecular weight is 228 g/mol. The van der Waals surface area contributed by atoms with E-state index in [0.717, 1.165) is 3.51 Å². The van der Waals surface area contributed by atoms with Crippen molar-refractivity contribution in [2.45, 2.75) is 0 Å². The monoisotopic (exact) mass is 229 g/mol. The van der Waals surface area contributed by atoms with Crippen LogP contribution in [0.2, 0.25) is 0 Å². The predicted molar refractivity (Wildman–Crippen MR) is 50.7 cm³/mol. The number of para-hydroxylation sites is 1. The van der Waals surface area contributed by atoms with Crippen molar-refractivity contribution in [3.8, 4) is 0 Å². The third-order valence-electron chi connectivity index (χ3n) is 1.70. The van der Waals surface area contributed by atoms with E-state index in [1.165, 1.54) is 9.78 Å². The molecule has 0 saturated carbocycles. The first-order valence-corrected chi connectivity index (χ1v) is 5.46. The normalized spacial score (nSPS) is 10.6. The molecule has 1 nitrogen and oxygen atoms in total. The summed E-state index contributed by atoms with van der Waals surface area (Å²) in [6.07, 6.45) is 0. The van der Waals surface area contributed by atoms with Crippen molar-refractivity contribution in [2.75, 3.05) is 0 Å². The van der Waals surface area contributed by atoms with E-state index in [-0.39, 0.29) is 0 Å². The molecule has 1 aromatic carbocycles. The predicted octanol–water partition coefficient (Wildman–Crippen LogP) is 1.96. The summed E-state index contributed by atoms with van der Waals surface area (Å²) in [5, 5.41) is 0. The van der Waals surface area contributed by atoms with Gasteiger partial charge in [-0.1, -0.05) is 0 Å². The van der Waals surface area contributed by atoms with Crippen LogP contribution in [0.3, 0.4) is 0 Å². The molecule has 0 aliphatic rings. The molecule has 56 valence electrons. The fraction of sp³-hybridized carbons (Fsp3) is 0.125. The number of hydrogen-bond acceptors (Lipinski definition) is 1. The van der Waals surface area contributed by atoms with Crippen LogP contribution in [0.5, 0.6) is 0 Å². The summed E-state index contributed by atoms with van der Waals surface area (Å²) < 4.78 is 4.59. The second kappa shape index (κ2) is 2.59. The Bertz CT molecular complexity index is 441. The molecule has 0 saturated heterocycles. The number of aromatic nitrogens is 1. The van der Waals surface area contributed by atoms with Crippen LogP contribution in [0.4, 0.5) is 0 Å². The standard InChI is InChI=1S/C8H7NSSe/c1-9-6-4-2-3-5-7(6)11-8(9)10/h2-5H,1H3. The Kier molecular flexibility index (Phi) is 1.72. The van der Waals surface area contributed by atoms with Gasteiger partial charge in [-0.25, -0.2) is 0 Å². The van der Waals surface area contributed by atoms with Crippen molar-refractivity contribution in [1.82, 2.24) is 4.57 Å². The molecule has 2 rings (SSSR count). The van der Waals surface area contributed by atoms with E-state index in [4.69, 9.17) is 12.2 Å². The second-order valence-electron chi connectivity index (χ2n) is 2.39. The van der Waals surface area contributed by atoms with Gasteiger partial charge in [0.2, 0.25) is 0 Å². The molecule has 0 bridgehead atoms. The molecular formula is C8H7NSSe. The molecule has 0 aliphatic carbocycles. The fourth-order valence-corrected chi connectivity index (χ4v) is 3.49. The van der Waals surface area contributed by atoms with E-state index in [1.807, 2.05) is 7.05 Å². The molecule has 0 atom stereocenters. The summed E-state index contributed by atoms with van der Waals surface area (Å²) in [5.41, 5.74) is 1.29. The Morgan fingerprint density at radius 2 is 2.09 bits per heavy atom. The van der Waals surface area contributed by atoms with Crippen molar-refractivity contribution < 1.29 is 0 Å². The minimum atomic E-state index is 0.390. The van der Waals surface area contributed by atoms with Gasteiger partial charge in [0.15, 0.2) is 0 Å². The van der Waals surface area contributed by atoms with Crippen LogP contribution < -0.4 is 0 Å². The Morgan fingerprint density at radius 1 is 1.36 bits per heavy atom. The molecule has 1 aromatic heterocycles. The summed E-state index contributed by atoms with van der Waals surface area (Å²) in [6.45, 7) is 0. The topological polar surface area (TPSA) is 4.93 Å². The molecule has 0 aliphatic heterocycles. The van der Waals surface area contributed by atoms with E-state index in [2.05, 4.69) is 28.8 Å².